The molecule has 3 rings (SSSR count). The highest BCUT2D eigenvalue weighted by Crippen LogP contribution is 2.35. The molecule has 0 atom stereocenters. The van der Waals surface area contributed by atoms with Crippen LogP contribution in [-0.2, 0) is 13.0 Å². The van der Waals surface area contributed by atoms with Crippen molar-refractivity contribution >= 4 is 33.0 Å². The zero-order valence-corrected chi connectivity index (χ0v) is 12.8. The molecule has 21 heavy (non-hydrogen) atoms. The van der Waals surface area contributed by atoms with Crippen molar-refractivity contribution in [3.63, 3.8) is 0 Å². The number of para-hydroxylation sites is 1. The van der Waals surface area contributed by atoms with Gasteiger partial charge in [-0.05, 0) is 45.6 Å². The summed E-state index contributed by atoms with van der Waals surface area (Å²) in [6.07, 6.45) is 0.957. The van der Waals surface area contributed by atoms with Crippen molar-refractivity contribution in [2.24, 2.45) is 0 Å². The summed E-state index contributed by atoms with van der Waals surface area (Å²) in [5.41, 5.74) is 10.1. The molecule has 108 valence electrons. The van der Waals surface area contributed by atoms with Crippen LogP contribution in [0.5, 0.6) is 0 Å². The average Bonchev–Trinajstić information content (AvgIpc) is 2.85. The zero-order valence-electron chi connectivity index (χ0n) is 11.3. The molecule has 0 aliphatic carbocycles. The fourth-order valence-electron chi connectivity index (χ4n) is 2.74. The second-order valence-corrected chi connectivity index (χ2v) is 5.92. The molecule has 0 saturated heterocycles. The summed E-state index contributed by atoms with van der Waals surface area (Å²) in [5, 5.41) is 11.0. The maximum atomic E-state index is 11.0. The van der Waals surface area contributed by atoms with Gasteiger partial charge in [0.1, 0.15) is 0 Å². The third-order valence-corrected chi connectivity index (χ3v) is 4.37. The second-order valence-electron chi connectivity index (χ2n) is 5.07. The standard InChI is InChI=1S/C15H14BrN3O2/c16-12-5-4-10(8-14(12)19(20)21)9-18-7-6-11-2-1-3-13(17)15(11)18/h1-5,8H,6-7,9,17H2. The van der Waals surface area contributed by atoms with Crippen LogP contribution < -0.4 is 10.6 Å². The fourth-order valence-corrected chi connectivity index (χ4v) is 3.13. The first-order valence-corrected chi connectivity index (χ1v) is 7.40. The zero-order chi connectivity index (χ0) is 15.0. The minimum Gasteiger partial charge on any atom is -0.397 e. The van der Waals surface area contributed by atoms with Gasteiger partial charge >= 0.3 is 0 Å². The monoisotopic (exact) mass is 347 g/mol. The largest absolute Gasteiger partial charge is 0.397 e. The van der Waals surface area contributed by atoms with E-state index in [0.717, 1.165) is 29.9 Å². The van der Waals surface area contributed by atoms with Crippen molar-refractivity contribution in [1.29, 1.82) is 0 Å². The Labute approximate surface area is 130 Å². The molecular weight excluding hydrogens is 334 g/mol. The molecule has 0 saturated carbocycles. The number of anilines is 2. The number of nitrogen functional groups attached to an aromatic ring is 1. The van der Waals surface area contributed by atoms with Crippen LogP contribution in [0.1, 0.15) is 11.1 Å². The summed E-state index contributed by atoms with van der Waals surface area (Å²) in [5.74, 6) is 0. The second kappa shape index (κ2) is 5.37. The molecule has 2 N–H and O–H groups in total. The van der Waals surface area contributed by atoms with Gasteiger partial charge in [-0.2, -0.15) is 0 Å². The van der Waals surface area contributed by atoms with E-state index in [9.17, 15) is 10.1 Å². The maximum absolute atomic E-state index is 11.0. The number of hydrogen-bond acceptors (Lipinski definition) is 4. The molecule has 0 aromatic heterocycles. The van der Waals surface area contributed by atoms with Crippen LogP contribution in [0.15, 0.2) is 40.9 Å². The first-order chi connectivity index (χ1) is 10.1. The minimum absolute atomic E-state index is 0.0907. The Balaban J connectivity index is 1.90. The van der Waals surface area contributed by atoms with Gasteiger partial charge in [0.2, 0.25) is 0 Å². The van der Waals surface area contributed by atoms with Gasteiger partial charge in [-0.25, -0.2) is 0 Å². The van der Waals surface area contributed by atoms with Crippen LogP contribution in [0.2, 0.25) is 0 Å². The van der Waals surface area contributed by atoms with Crippen LogP contribution in [0, 0.1) is 10.1 Å². The van der Waals surface area contributed by atoms with E-state index in [4.69, 9.17) is 5.73 Å². The third-order valence-electron chi connectivity index (χ3n) is 3.70. The molecule has 1 aliphatic heterocycles. The molecule has 0 fully saturated rings. The van der Waals surface area contributed by atoms with Crippen LogP contribution >= 0.6 is 15.9 Å². The van der Waals surface area contributed by atoms with Gasteiger partial charge in [-0.15, -0.1) is 0 Å². The Bertz CT molecular complexity index is 718. The van der Waals surface area contributed by atoms with Crippen molar-refractivity contribution in [3.8, 4) is 0 Å². The number of nitrogens with zero attached hydrogens (tertiary/aromatic N) is 2. The van der Waals surface area contributed by atoms with E-state index in [1.54, 1.807) is 12.1 Å². The predicted molar refractivity (Wildman–Crippen MR) is 86.4 cm³/mol. The molecule has 0 unspecified atom stereocenters. The molecular formula is C15H14BrN3O2. The topological polar surface area (TPSA) is 72.4 Å². The van der Waals surface area contributed by atoms with Crippen molar-refractivity contribution in [1.82, 2.24) is 0 Å². The highest BCUT2D eigenvalue weighted by atomic mass is 79.9. The molecule has 1 heterocycles. The Morgan fingerprint density at radius 1 is 1.33 bits per heavy atom. The lowest BCUT2D eigenvalue weighted by Crippen LogP contribution is -2.20. The van der Waals surface area contributed by atoms with E-state index in [0.29, 0.717) is 11.0 Å². The molecule has 5 nitrogen and oxygen atoms in total. The lowest BCUT2D eigenvalue weighted by atomic mass is 10.1. The summed E-state index contributed by atoms with van der Waals surface area (Å²) in [7, 11) is 0. The first-order valence-electron chi connectivity index (χ1n) is 6.61. The van der Waals surface area contributed by atoms with Gasteiger partial charge in [0.25, 0.3) is 5.69 Å². The van der Waals surface area contributed by atoms with Gasteiger partial charge in [0, 0.05) is 19.2 Å². The lowest BCUT2D eigenvalue weighted by Gasteiger charge is -2.21. The molecule has 2 aromatic rings. The molecule has 0 radical (unpaired) electrons. The van der Waals surface area contributed by atoms with Gasteiger partial charge in [-0.3, -0.25) is 10.1 Å². The van der Waals surface area contributed by atoms with E-state index in [1.165, 1.54) is 5.56 Å². The average molecular weight is 348 g/mol. The summed E-state index contributed by atoms with van der Waals surface area (Å²) in [4.78, 5) is 12.8. The van der Waals surface area contributed by atoms with Gasteiger partial charge in [0.15, 0.2) is 0 Å². The summed E-state index contributed by atoms with van der Waals surface area (Å²) >= 11 is 3.21. The quantitative estimate of drug-likeness (QED) is 0.523. The Morgan fingerprint density at radius 3 is 2.90 bits per heavy atom. The third kappa shape index (κ3) is 2.58. The van der Waals surface area contributed by atoms with Gasteiger partial charge in [0.05, 0.1) is 20.8 Å². The molecule has 0 spiro atoms. The molecule has 2 aromatic carbocycles. The van der Waals surface area contributed by atoms with Crippen LogP contribution in [0.4, 0.5) is 17.1 Å². The number of hydrogen-bond donors (Lipinski definition) is 1. The van der Waals surface area contributed by atoms with Crippen molar-refractivity contribution in [2.45, 2.75) is 13.0 Å². The smallest absolute Gasteiger partial charge is 0.283 e. The highest BCUT2D eigenvalue weighted by molar-refractivity contribution is 9.10. The van der Waals surface area contributed by atoms with Gasteiger partial charge < -0.3 is 10.6 Å². The van der Waals surface area contributed by atoms with E-state index >= 15 is 0 Å². The Hall–Kier alpha value is -2.08. The SMILES string of the molecule is Nc1cccc2c1N(Cc1ccc(Br)c([N+](=O)[O-])c1)CC2. The van der Waals surface area contributed by atoms with Crippen LogP contribution in [0.25, 0.3) is 0 Å². The molecule has 0 amide bonds. The maximum Gasteiger partial charge on any atom is 0.283 e. The normalized spacial score (nSPS) is 13.3. The van der Waals surface area contributed by atoms with E-state index in [2.05, 4.69) is 26.9 Å². The number of benzene rings is 2. The molecule has 6 heteroatoms. The van der Waals surface area contributed by atoms with Crippen LogP contribution in [0.3, 0.4) is 0 Å². The summed E-state index contributed by atoms with van der Waals surface area (Å²) in [6, 6.07) is 11.2. The summed E-state index contributed by atoms with van der Waals surface area (Å²) < 4.78 is 0.498. The predicted octanol–water partition coefficient (Wildman–Crippen LogP) is 3.50. The minimum atomic E-state index is -0.375. The van der Waals surface area contributed by atoms with E-state index in [1.807, 2.05) is 18.2 Å². The number of rotatable bonds is 3. The Kier molecular flexibility index (Phi) is 3.55. The molecule has 0 bridgehead atoms. The van der Waals surface area contributed by atoms with Crippen LogP contribution in [-0.4, -0.2) is 11.5 Å². The van der Waals surface area contributed by atoms with E-state index < -0.39 is 0 Å². The van der Waals surface area contributed by atoms with Crippen molar-refractivity contribution in [3.05, 3.63) is 62.1 Å². The van der Waals surface area contributed by atoms with Crippen molar-refractivity contribution < 1.29 is 4.92 Å². The first kappa shape index (κ1) is 13.9. The lowest BCUT2D eigenvalue weighted by molar-refractivity contribution is -0.385. The molecule has 1 aliphatic rings. The highest BCUT2D eigenvalue weighted by Gasteiger charge is 2.22. The Morgan fingerprint density at radius 2 is 2.14 bits per heavy atom. The fraction of sp³-hybridized carbons (Fsp3) is 0.200. The number of halogens is 1. The number of fused-ring (bicyclic) bond motifs is 1. The van der Waals surface area contributed by atoms with E-state index in [-0.39, 0.29) is 10.6 Å². The number of nitrogens with two attached hydrogens (primary N) is 1. The summed E-state index contributed by atoms with van der Waals surface area (Å²) in [6.45, 7) is 1.50. The van der Waals surface area contributed by atoms with Gasteiger partial charge in [-0.1, -0.05) is 18.2 Å². The van der Waals surface area contributed by atoms with Crippen molar-refractivity contribution in [2.75, 3.05) is 17.2 Å². The number of nitro groups is 1. The number of nitro benzene ring substituents is 1.